The minimum absolute atomic E-state index is 0.417. The van der Waals surface area contributed by atoms with Crippen LogP contribution in [0.25, 0.3) is 10.9 Å². The van der Waals surface area contributed by atoms with Gasteiger partial charge in [0.05, 0.1) is 17.2 Å². The second kappa shape index (κ2) is 5.91. The second-order valence-corrected chi connectivity index (χ2v) is 5.48. The number of fused-ring (bicyclic) bond motifs is 1. The minimum Gasteiger partial charge on any atom is -0.465 e. The first-order valence-electron chi connectivity index (χ1n) is 6.51. The Morgan fingerprint density at radius 3 is 2.64 bits per heavy atom. The highest BCUT2D eigenvalue weighted by molar-refractivity contribution is 6.42. The molecule has 1 aromatic heterocycles. The van der Waals surface area contributed by atoms with Crippen molar-refractivity contribution in [3.05, 3.63) is 58.1 Å². The number of para-hydroxylation sites is 1. The molecule has 0 aliphatic heterocycles. The number of methoxy groups -OCH3 is 1. The number of halogens is 2. The van der Waals surface area contributed by atoms with Gasteiger partial charge in [0, 0.05) is 16.6 Å². The topological polar surface area (TPSA) is 54.1 Å². The van der Waals surface area contributed by atoms with Gasteiger partial charge >= 0.3 is 5.97 Å². The van der Waals surface area contributed by atoms with E-state index >= 15 is 0 Å². The third kappa shape index (κ3) is 2.63. The molecule has 2 N–H and O–H groups in total. The number of hydrogen-bond acceptors (Lipinski definition) is 3. The maximum absolute atomic E-state index is 12.1. The molecule has 6 heteroatoms. The van der Waals surface area contributed by atoms with E-state index in [2.05, 4.69) is 10.3 Å². The standard InChI is InChI=1S/C16H12Cl2N2O2/c1-22-16(21)14-10-4-2-3-5-13(10)20-15(14)19-9-6-7-11(17)12(18)8-9/h2-8,19-20H,1H3. The Labute approximate surface area is 137 Å². The number of H-pyrrole nitrogens is 1. The number of nitrogens with one attached hydrogen (secondary N) is 2. The fourth-order valence-corrected chi connectivity index (χ4v) is 2.57. The highest BCUT2D eigenvalue weighted by Gasteiger charge is 2.19. The van der Waals surface area contributed by atoms with Gasteiger partial charge in [0.15, 0.2) is 0 Å². The Morgan fingerprint density at radius 2 is 1.91 bits per heavy atom. The third-order valence-electron chi connectivity index (χ3n) is 3.28. The molecule has 0 saturated heterocycles. The molecule has 0 unspecified atom stereocenters. The molecule has 3 rings (SSSR count). The number of ether oxygens (including phenoxy) is 1. The van der Waals surface area contributed by atoms with Crippen molar-refractivity contribution in [2.45, 2.75) is 0 Å². The summed E-state index contributed by atoms with van der Waals surface area (Å²) < 4.78 is 4.88. The molecular formula is C16H12Cl2N2O2. The van der Waals surface area contributed by atoms with Crippen LogP contribution in [0.15, 0.2) is 42.5 Å². The molecule has 0 spiro atoms. The van der Waals surface area contributed by atoms with Crippen LogP contribution >= 0.6 is 23.2 Å². The zero-order valence-corrected chi connectivity index (χ0v) is 13.1. The number of anilines is 2. The van der Waals surface area contributed by atoms with E-state index in [0.29, 0.717) is 27.1 Å². The summed E-state index contributed by atoms with van der Waals surface area (Å²) >= 11 is 11.9. The van der Waals surface area contributed by atoms with E-state index in [1.54, 1.807) is 18.2 Å². The van der Waals surface area contributed by atoms with Crippen molar-refractivity contribution in [3.8, 4) is 0 Å². The van der Waals surface area contributed by atoms with Crippen LogP contribution in [0.3, 0.4) is 0 Å². The van der Waals surface area contributed by atoms with E-state index in [9.17, 15) is 4.79 Å². The van der Waals surface area contributed by atoms with Crippen LogP contribution in [0.2, 0.25) is 10.0 Å². The smallest absolute Gasteiger partial charge is 0.342 e. The SMILES string of the molecule is COC(=O)c1c(Nc2ccc(Cl)c(Cl)c2)[nH]c2ccccc12. The first-order valence-corrected chi connectivity index (χ1v) is 7.27. The van der Waals surface area contributed by atoms with Crippen molar-refractivity contribution in [2.75, 3.05) is 12.4 Å². The van der Waals surface area contributed by atoms with E-state index in [-0.39, 0.29) is 0 Å². The summed E-state index contributed by atoms with van der Waals surface area (Å²) in [7, 11) is 1.35. The number of aromatic amines is 1. The molecule has 2 aromatic carbocycles. The van der Waals surface area contributed by atoms with Gasteiger partial charge in [0.2, 0.25) is 0 Å². The Hall–Kier alpha value is -2.17. The van der Waals surface area contributed by atoms with Gasteiger partial charge in [0.1, 0.15) is 11.4 Å². The zero-order chi connectivity index (χ0) is 15.7. The van der Waals surface area contributed by atoms with Crippen LogP contribution in [0, 0.1) is 0 Å². The van der Waals surface area contributed by atoms with Gasteiger partial charge in [-0.2, -0.15) is 0 Å². The predicted molar refractivity (Wildman–Crippen MR) is 89.4 cm³/mol. The lowest BCUT2D eigenvalue weighted by atomic mass is 10.1. The maximum atomic E-state index is 12.1. The Bertz CT molecular complexity index is 858. The van der Waals surface area contributed by atoms with Gasteiger partial charge in [-0.1, -0.05) is 41.4 Å². The van der Waals surface area contributed by atoms with Crippen molar-refractivity contribution in [1.29, 1.82) is 0 Å². The van der Waals surface area contributed by atoms with Gasteiger partial charge in [-0.25, -0.2) is 4.79 Å². The molecule has 0 atom stereocenters. The molecule has 0 amide bonds. The van der Waals surface area contributed by atoms with Crippen LogP contribution in [0.5, 0.6) is 0 Å². The summed E-state index contributed by atoms with van der Waals surface area (Å²) in [5.41, 5.74) is 2.00. The largest absolute Gasteiger partial charge is 0.465 e. The summed E-state index contributed by atoms with van der Waals surface area (Å²) in [6.07, 6.45) is 0. The van der Waals surface area contributed by atoms with Crippen LogP contribution in [-0.4, -0.2) is 18.1 Å². The van der Waals surface area contributed by atoms with Crippen LogP contribution in [0.1, 0.15) is 10.4 Å². The Balaban J connectivity index is 2.09. The zero-order valence-electron chi connectivity index (χ0n) is 11.6. The van der Waals surface area contributed by atoms with Gasteiger partial charge in [-0.05, 0) is 24.3 Å². The first kappa shape index (κ1) is 14.8. The molecule has 0 bridgehead atoms. The normalized spacial score (nSPS) is 10.7. The molecule has 0 fully saturated rings. The average Bonchev–Trinajstić information content (AvgIpc) is 2.88. The fourth-order valence-electron chi connectivity index (χ4n) is 2.27. The first-order chi connectivity index (χ1) is 10.6. The predicted octanol–water partition coefficient (Wildman–Crippen LogP) is 5.00. The number of hydrogen-bond donors (Lipinski definition) is 2. The summed E-state index contributed by atoms with van der Waals surface area (Å²) in [4.78, 5) is 15.3. The Kier molecular flexibility index (Phi) is 3.96. The molecular weight excluding hydrogens is 323 g/mol. The number of esters is 1. The fraction of sp³-hybridized carbons (Fsp3) is 0.0625. The molecule has 0 saturated carbocycles. The summed E-state index contributed by atoms with van der Waals surface area (Å²) in [5.74, 6) is 0.131. The maximum Gasteiger partial charge on any atom is 0.342 e. The molecule has 4 nitrogen and oxygen atoms in total. The number of benzene rings is 2. The molecule has 3 aromatic rings. The van der Waals surface area contributed by atoms with Crippen molar-refractivity contribution in [1.82, 2.24) is 4.98 Å². The summed E-state index contributed by atoms with van der Waals surface area (Å²) in [5, 5.41) is 4.84. The Morgan fingerprint density at radius 1 is 1.14 bits per heavy atom. The number of aromatic nitrogens is 1. The lowest BCUT2D eigenvalue weighted by Crippen LogP contribution is -2.04. The molecule has 1 heterocycles. The summed E-state index contributed by atoms with van der Waals surface area (Å²) in [6, 6.07) is 12.7. The second-order valence-electron chi connectivity index (χ2n) is 4.67. The number of carbonyl (C=O) groups excluding carboxylic acids is 1. The molecule has 112 valence electrons. The van der Waals surface area contributed by atoms with Crippen molar-refractivity contribution in [2.24, 2.45) is 0 Å². The highest BCUT2D eigenvalue weighted by Crippen LogP contribution is 2.31. The van der Waals surface area contributed by atoms with Crippen LogP contribution < -0.4 is 5.32 Å². The van der Waals surface area contributed by atoms with Gasteiger partial charge in [-0.15, -0.1) is 0 Å². The average molecular weight is 335 g/mol. The van der Waals surface area contributed by atoms with Crippen molar-refractivity contribution < 1.29 is 9.53 Å². The lowest BCUT2D eigenvalue weighted by Gasteiger charge is -2.08. The molecule has 0 aliphatic rings. The van der Waals surface area contributed by atoms with E-state index in [1.807, 2.05) is 24.3 Å². The van der Waals surface area contributed by atoms with Crippen LogP contribution in [-0.2, 0) is 4.74 Å². The van der Waals surface area contributed by atoms with Crippen LogP contribution in [0.4, 0.5) is 11.5 Å². The molecule has 0 radical (unpaired) electrons. The number of rotatable bonds is 3. The summed E-state index contributed by atoms with van der Waals surface area (Å²) in [6.45, 7) is 0. The van der Waals surface area contributed by atoms with Crippen molar-refractivity contribution in [3.63, 3.8) is 0 Å². The molecule has 22 heavy (non-hydrogen) atoms. The van der Waals surface area contributed by atoms with Gasteiger partial charge < -0.3 is 15.0 Å². The highest BCUT2D eigenvalue weighted by atomic mass is 35.5. The lowest BCUT2D eigenvalue weighted by molar-refractivity contribution is 0.0604. The van der Waals surface area contributed by atoms with Crippen molar-refractivity contribution >= 4 is 51.6 Å². The third-order valence-corrected chi connectivity index (χ3v) is 4.02. The minimum atomic E-state index is -0.417. The van der Waals surface area contributed by atoms with E-state index < -0.39 is 5.97 Å². The monoisotopic (exact) mass is 334 g/mol. The van der Waals surface area contributed by atoms with Gasteiger partial charge in [-0.3, -0.25) is 0 Å². The van der Waals surface area contributed by atoms with E-state index in [0.717, 1.165) is 10.9 Å². The number of carbonyl (C=O) groups is 1. The van der Waals surface area contributed by atoms with Gasteiger partial charge in [0.25, 0.3) is 0 Å². The molecule has 0 aliphatic carbocycles. The van der Waals surface area contributed by atoms with E-state index in [4.69, 9.17) is 27.9 Å². The quantitative estimate of drug-likeness (QED) is 0.662. The van der Waals surface area contributed by atoms with E-state index in [1.165, 1.54) is 7.11 Å².